The van der Waals surface area contributed by atoms with Crippen LogP contribution in [-0.2, 0) is 6.54 Å². The van der Waals surface area contributed by atoms with E-state index < -0.39 is 0 Å². The van der Waals surface area contributed by atoms with Crippen molar-refractivity contribution in [1.29, 1.82) is 0 Å². The lowest BCUT2D eigenvalue weighted by molar-refractivity contribution is 0.415. The van der Waals surface area contributed by atoms with Crippen LogP contribution in [-0.4, -0.2) is 40.8 Å². The van der Waals surface area contributed by atoms with Crippen LogP contribution in [0.2, 0.25) is 0 Å². The zero-order chi connectivity index (χ0) is 21.8. The minimum Gasteiger partial charge on any atom is -0.370 e. The van der Waals surface area contributed by atoms with E-state index >= 15 is 0 Å². The number of aryl methyl sites for hydroxylation is 1. The fourth-order valence-electron chi connectivity index (χ4n) is 4.20. The molecular formula is C24H30N6O. The Morgan fingerprint density at radius 1 is 1.19 bits per heavy atom. The van der Waals surface area contributed by atoms with E-state index in [2.05, 4.69) is 14.9 Å². The molecule has 0 radical (unpaired) electrons. The number of piperidine rings is 1. The lowest BCUT2D eigenvalue weighted by atomic mass is 9.96. The maximum absolute atomic E-state index is 13.1. The Morgan fingerprint density at radius 2 is 2.00 bits per heavy atom. The number of anilines is 1. The van der Waals surface area contributed by atoms with Gasteiger partial charge in [-0.25, -0.2) is 0 Å². The van der Waals surface area contributed by atoms with E-state index in [1.807, 2.05) is 60.6 Å². The minimum absolute atomic E-state index is 0.0250. The summed E-state index contributed by atoms with van der Waals surface area (Å²) in [5.41, 5.74) is 8.85. The van der Waals surface area contributed by atoms with E-state index in [1.54, 1.807) is 17.8 Å². The Hall–Kier alpha value is -3.19. The van der Waals surface area contributed by atoms with Crippen molar-refractivity contribution in [3.8, 4) is 0 Å². The summed E-state index contributed by atoms with van der Waals surface area (Å²) < 4.78 is 3.68. The minimum atomic E-state index is -0.0250. The summed E-state index contributed by atoms with van der Waals surface area (Å²) >= 11 is 0. The highest BCUT2D eigenvalue weighted by Crippen LogP contribution is 2.27. The highest BCUT2D eigenvalue weighted by atomic mass is 16.1. The molecule has 3 aromatic heterocycles. The second-order valence-corrected chi connectivity index (χ2v) is 8.14. The van der Waals surface area contributed by atoms with Gasteiger partial charge < -0.3 is 19.8 Å². The molecule has 0 aromatic carbocycles. The number of nitrogens with zero attached hydrogens (tertiary/aromatic N) is 5. The molecule has 0 aliphatic carbocycles. The van der Waals surface area contributed by atoms with Gasteiger partial charge in [-0.3, -0.25) is 14.8 Å². The molecule has 162 valence electrons. The SMILES string of the molecule is CN=c1ccc(C)cn1/C=C/Cn1ccc2c(N3CCC(CN)CC3)cncc2c1=O. The summed E-state index contributed by atoms with van der Waals surface area (Å²) in [6, 6.07) is 6.04. The predicted molar refractivity (Wildman–Crippen MR) is 126 cm³/mol. The third-order valence-corrected chi connectivity index (χ3v) is 6.07. The first-order valence-corrected chi connectivity index (χ1v) is 10.8. The molecule has 1 aliphatic rings. The van der Waals surface area contributed by atoms with Crippen molar-refractivity contribution in [3.05, 3.63) is 70.5 Å². The van der Waals surface area contributed by atoms with Crippen molar-refractivity contribution in [2.45, 2.75) is 26.3 Å². The van der Waals surface area contributed by atoms with Crippen LogP contribution in [0, 0.1) is 12.8 Å². The normalized spacial score (nSPS) is 16.0. The standard InChI is InChI=1S/C24H30N6O/c1-18-4-5-23(26-2)30(17-18)10-3-9-29-13-8-20-21(24(29)31)15-27-16-22(20)28-11-6-19(14-25)7-12-28/h3-5,8,10,13,15-17,19H,6-7,9,11-12,14,25H2,1-2H3/b10-3+,26-23?. The van der Waals surface area contributed by atoms with Crippen molar-refractivity contribution in [2.24, 2.45) is 16.6 Å². The molecule has 1 fully saturated rings. The summed E-state index contributed by atoms with van der Waals surface area (Å²) in [7, 11) is 1.77. The molecule has 2 N–H and O–H groups in total. The van der Waals surface area contributed by atoms with E-state index in [0.717, 1.165) is 54.6 Å². The molecule has 0 saturated carbocycles. The Labute approximate surface area is 182 Å². The molecule has 7 nitrogen and oxygen atoms in total. The zero-order valence-electron chi connectivity index (χ0n) is 18.2. The molecule has 1 saturated heterocycles. The van der Waals surface area contributed by atoms with Crippen LogP contribution in [0.25, 0.3) is 17.0 Å². The van der Waals surface area contributed by atoms with Crippen LogP contribution in [0.4, 0.5) is 5.69 Å². The first-order chi connectivity index (χ1) is 15.1. The zero-order valence-corrected chi connectivity index (χ0v) is 18.2. The monoisotopic (exact) mass is 418 g/mol. The molecule has 31 heavy (non-hydrogen) atoms. The maximum Gasteiger partial charge on any atom is 0.260 e. The molecule has 0 atom stereocenters. The Balaban J connectivity index is 1.59. The summed E-state index contributed by atoms with van der Waals surface area (Å²) in [5, 5.41) is 1.62. The fraction of sp³-hybridized carbons (Fsp3) is 0.375. The van der Waals surface area contributed by atoms with Crippen LogP contribution < -0.4 is 21.7 Å². The molecule has 0 amide bonds. The van der Waals surface area contributed by atoms with Gasteiger partial charge in [0.15, 0.2) is 0 Å². The lowest BCUT2D eigenvalue weighted by Gasteiger charge is -2.33. The van der Waals surface area contributed by atoms with E-state index in [9.17, 15) is 4.79 Å². The molecule has 0 spiro atoms. The van der Waals surface area contributed by atoms with Crippen LogP contribution in [0.3, 0.4) is 0 Å². The Morgan fingerprint density at radius 3 is 2.74 bits per heavy atom. The third kappa shape index (κ3) is 4.46. The van der Waals surface area contributed by atoms with E-state index in [4.69, 9.17) is 5.73 Å². The molecule has 0 bridgehead atoms. The van der Waals surface area contributed by atoms with Gasteiger partial charge in [0.25, 0.3) is 5.56 Å². The Bertz CT molecular complexity index is 1210. The van der Waals surface area contributed by atoms with Crippen LogP contribution in [0.15, 0.2) is 58.8 Å². The largest absolute Gasteiger partial charge is 0.370 e. The van der Waals surface area contributed by atoms with E-state index in [1.165, 1.54) is 0 Å². The smallest absolute Gasteiger partial charge is 0.260 e. The lowest BCUT2D eigenvalue weighted by Crippen LogP contribution is -2.36. The van der Waals surface area contributed by atoms with Crippen molar-refractivity contribution < 1.29 is 0 Å². The van der Waals surface area contributed by atoms with Gasteiger partial charge in [0.1, 0.15) is 5.49 Å². The average molecular weight is 419 g/mol. The van der Waals surface area contributed by atoms with E-state index in [-0.39, 0.29) is 5.56 Å². The van der Waals surface area contributed by atoms with E-state index in [0.29, 0.717) is 17.8 Å². The second-order valence-electron chi connectivity index (χ2n) is 8.14. The fourth-order valence-corrected chi connectivity index (χ4v) is 4.20. The molecule has 0 unspecified atom stereocenters. The Kier molecular flexibility index (Phi) is 6.32. The molecule has 4 heterocycles. The number of nitrogens with two attached hydrogens (primary N) is 1. The van der Waals surface area contributed by atoms with Crippen molar-refractivity contribution in [2.75, 3.05) is 31.6 Å². The van der Waals surface area contributed by atoms with Crippen molar-refractivity contribution >= 4 is 22.7 Å². The van der Waals surface area contributed by atoms with Gasteiger partial charge in [0, 0.05) is 56.9 Å². The molecule has 7 heteroatoms. The van der Waals surface area contributed by atoms with Crippen LogP contribution in [0.5, 0.6) is 0 Å². The van der Waals surface area contributed by atoms with Gasteiger partial charge in [-0.15, -0.1) is 0 Å². The van der Waals surface area contributed by atoms with Crippen molar-refractivity contribution in [3.63, 3.8) is 0 Å². The maximum atomic E-state index is 13.1. The van der Waals surface area contributed by atoms with Crippen LogP contribution >= 0.6 is 0 Å². The first-order valence-electron chi connectivity index (χ1n) is 10.8. The number of fused-ring (bicyclic) bond motifs is 1. The summed E-state index contributed by atoms with van der Waals surface area (Å²) in [5.74, 6) is 0.593. The number of aromatic nitrogens is 3. The second kappa shape index (κ2) is 9.31. The molecular weight excluding hydrogens is 388 g/mol. The van der Waals surface area contributed by atoms with Gasteiger partial charge in [-0.05, 0) is 56.0 Å². The highest BCUT2D eigenvalue weighted by Gasteiger charge is 2.20. The molecule has 1 aliphatic heterocycles. The van der Waals surface area contributed by atoms with Gasteiger partial charge >= 0.3 is 0 Å². The number of allylic oxidation sites excluding steroid dienone is 1. The quantitative estimate of drug-likeness (QED) is 0.690. The third-order valence-electron chi connectivity index (χ3n) is 6.07. The number of pyridine rings is 3. The highest BCUT2D eigenvalue weighted by molar-refractivity contribution is 5.92. The first kappa shape index (κ1) is 21.1. The van der Waals surface area contributed by atoms with Gasteiger partial charge in [0.2, 0.25) is 0 Å². The summed E-state index contributed by atoms with van der Waals surface area (Å²) in [6.07, 6.45) is 13.5. The average Bonchev–Trinajstić information content (AvgIpc) is 2.80. The van der Waals surface area contributed by atoms with Crippen molar-refractivity contribution in [1.82, 2.24) is 14.1 Å². The summed E-state index contributed by atoms with van der Waals surface area (Å²) in [6.45, 7) is 5.17. The van der Waals surface area contributed by atoms with Crippen LogP contribution in [0.1, 0.15) is 18.4 Å². The molecule has 4 rings (SSSR count). The number of hydrogen-bond donors (Lipinski definition) is 1. The topological polar surface area (TPSA) is 81.4 Å². The van der Waals surface area contributed by atoms with Gasteiger partial charge in [-0.1, -0.05) is 6.07 Å². The summed E-state index contributed by atoms with van der Waals surface area (Å²) in [4.78, 5) is 24.1. The molecule has 3 aromatic rings. The van der Waals surface area contributed by atoms with Gasteiger partial charge in [0.05, 0.1) is 17.3 Å². The number of hydrogen-bond acceptors (Lipinski definition) is 5. The number of rotatable bonds is 5. The van der Waals surface area contributed by atoms with Gasteiger partial charge in [-0.2, -0.15) is 0 Å². The predicted octanol–water partition coefficient (Wildman–Crippen LogP) is 2.38.